The van der Waals surface area contributed by atoms with Gasteiger partial charge in [0.2, 0.25) is 5.88 Å². The molecule has 0 unspecified atom stereocenters. The molecule has 2 aliphatic rings. The average Bonchev–Trinajstić information content (AvgIpc) is 3.25. The topological polar surface area (TPSA) is 70.6 Å². The third-order valence-electron chi connectivity index (χ3n) is 7.93. The van der Waals surface area contributed by atoms with Crippen molar-refractivity contribution in [1.82, 2.24) is 20.2 Å². The van der Waals surface area contributed by atoms with Crippen LogP contribution in [-0.4, -0.2) is 47.6 Å². The highest BCUT2D eigenvalue weighted by molar-refractivity contribution is 6.30. The zero-order chi connectivity index (χ0) is 27.0. The van der Waals surface area contributed by atoms with Gasteiger partial charge in [-0.3, -0.25) is 9.80 Å². The summed E-state index contributed by atoms with van der Waals surface area (Å²) in [5.41, 5.74) is 4.86. The van der Waals surface area contributed by atoms with Crippen molar-refractivity contribution in [3.05, 3.63) is 93.7 Å². The van der Waals surface area contributed by atoms with Gasteiger partial charge in [-0.2, -0.15) is 0 Å². The van der Waals surface area contributed by atoms with E-state index in [1.807, 2.05) is 47.4 Å². The number of piperidine rings is 1. The number of likely N-dealkylation sites (tertiary alicyclic amines) is 1. The van der Waals surface area contributed by atoms with E-state index >= 15 is 0 Å². The summed E-state index contributed by atoms with van der Waals surface area (Å²) in [5.74, 6) is 0.672. The number of anilines is 1. The number of rotatable bonds is 5. The largest absolute Gasteiger partial charge is 0.481 e. The quantitative estimate of drug-likeness (QED) is 0.293. The maximum atomic E-state index is 13.4. The van der Waals surface area contributed by atoms with Crippen LogP contribution in [0.2, 0.25) is 10.2 Å². The first-order chi connectivity index (χ1) is 18.9. The summed E-state index contributed by atoms with van der Waals surface area (Å²) in [4.78, 5) is 26.4. The predicted molar refractivity (Wildman–Crippen MR) is 155 cm³/mol. The minimum absolute atomic E-state index is 0.127. The molecule has 0 bridgehead atoms. The number of para-hydroxylation sites is 1. The van der Waals surface area contributed by atoms with Crippen LogP contribution in [0.15, 0.2) is 66.9 Å². The molecule has 0 radical (unpaired) electrons. The first kappa shape index (κ1) is 25.9. The molecule has 7 nitrogen and oxygen atoms in total. The highest BCUT2D eigenvalue weighted by Gasteiger charge is 2.46. The van der Waals surface area contributed by atoms with Gasteiger partial charge in [-0.05, 0) is 79.5 Å². The van der Waals surface area contributed by atoms with Crippen LogP contribution in [0.3, 0.4) is 0 Å². The van der Waals surface area contributed by atoms with E-state index in [1.165, 1.54) is 0 Å². The van der Waals surface area contributed by atoms with Crippen LogP contribution in [0, 0.1) is 0 Å². The van der Waals surface area contributed by atoms with E-state index in [-0.39, 0.29) is 11.4 Å². The second kappa shape index (κ2) is 10.6. The van der Waals surface area contributed by atoms with Gasteiger partial charge in [-0.15, -0.1) is 0 Å². The van der Waals surface area contributed by atoms with E-state index in [2.05, 4.69) is 27.3 Å². The van der Waals surface area contributed by atoms with E-state index in [4.69, 9.17) is 32.9 Å². The van der Waals surface area contributed by atoms with Crippen LogP contribution in [0.4, 0.5) is 10.5 Å². The number of aromatic nitrogens is 2. The summed E-state index contributed by atoms with van der Waals surface area (Å²) >= 11 is 12.5. The van der Waals surface area contributed by atoms with Gasteiger partial charge in [0, 0.05) is 52.9 Å². The number of halogens is 2. The SMILES string of the molecule is COc1nc2ccccc2cc1CN1CCC2(CC1)CN(C(=O)NCc1ccnc(Cl)c1)c1ccc(Cl)cc12. The number of amides is 2. The molecule has 1 N–H and O–H groups in total. The van der Waals surface area contributed by atoms with E-state index in [9.17, 15) is 4.79 Å². The fraction of sp³-hybridized carbons (Fsp3) is 0.300. The number of urea groups is 1. The summed E-state index contributed by atoms with van der Waals surface area (Å²) in [6, 6.07) is 19.6. The highest BCUT2D eigenvalue weighted by Crippen LogP contribution is 2.48. The number of pyridine rings is 2. The highest BCUT2D eigenvalue weighted by atomic mass is 35.5. The van der Waals surface area contributed by atoms with Gasteiger partial charge in [0.25, 0.3) is 0 Å². The molecule has 1 saturated heterocycles. The number of methoxy groups -OCH3 is 1. The van der Waals surface area contributed by atoms with Gasteiger partial charge in [-0.1, -0.05) is 41.4 Å². The lowest BCUT2D eigenvalue weighted by atomic mass is 9.74. The Bertz CT molecular complexity index is 1540. The fourth-order valence-electron chi connectivity index (χ4n) is 5.89. The number of nitrogens with one attached hydrogen (secondary N) is 1. The maximum absolute atomic E-state index is 13.4. The van der Waals surface area contributed by atoms with Crippen molar-refractivity contribution >= 4 is 45.8 Å². The average molecular weight is 563 g/mol. The number of carbonyl (C=O) groups is 1. The normalized spacial score (nSPS) is 16.4. The minimum atomic E-state index is -0.139. The number of ether oxygens (including phenoxy) is 1. The molecular formula is C30H29Cl2N5O2. The molecule has 2 aliphatic heterocycles. The zero-order valence-corrected chi connectivity index (χ0v) is 23.2. The lowest BCUT2D eigenvalue weighted by Crippen LogP contribution is -2.47. The smallest absolute Gasteiger partial charge is 0.322 e. The third kappa shape index (κ3) is 5.14. The molecule has 4 aromatic rings. The predicted octanol–water partition coefficient (Wildman–Crippen LogP) is 6.21. The van der Waals surface area contributed by atoms with Gasteiger partial charge in [0.05, 0.1) is 12.6 Å². The van der Waals surface area contributed by atoms with E-state index in [0.717, 1.165) is 65.8 Å². The van der Waals surface area contributed by atoms with Gasteiger partial charge >= 0.3 is 6.03 Å². The Balaban J connectivity index is 1.18. The Morgan fingerprint density at radius 1 is 1.08 bits per heavy atom. The van der Waals surface area contributed by atoms with Crippen LogP contribution >= 0.6 is 23.2 Å². The first-order valence-corrected chi connectivity index (χ1v) is 13.8. The molecular weight excluding hydrogens is 533 g/mol. The summed E-state index contributed by atoms with van der Waals surface area (Å²) < 4.78 is 5.64. The molecule has 1 fully saturated rings. The van der Waals surface area contributed by atoms with Crippen LogP contribution in [0.1, 0.15) is 29.5 Å². The van der Waals surface area contributed by atoms with Gasteiger partial charge in [0.1, 0.15) is 5.15 Å². The van der Waals surface area contributed by atoms with Crippen molar-refractivity contribution in [1.29, 1.82) is 0 Å². The lowest BCUT2D eigenvalue weighted by molar-refractivity contribution is 0.158. The number of benzene rings is 2. The molecule has 0 aliphatic carbocycles. The van der Waals surface area contributed by atoms with Crippen LogP contribution < -0.4 is 15.0 Å². The van der Waals surface area contributed by atoms with Crippen molar-refractivity contribution in [2.24, 2.45) is 0 Å². The van der Waals surface area contributed by atoms with Crippen LogP contribution in [0.25, 0.3) is 10.9 Å². The molecule has 39 heavy (non-hydrogen) atoms. The molecule has 2 aromatic heterocycles. The third-order valence-corrected chi connectivity index (χ3v) is 8.37. The molecule has 200 valence electrons. The molecule has 6 rings (SSSR count). The molecule has 2 aromatic carbocycles. The Morgan fingerprint density at radius 2 is 1.90 bits per heavy atom. The summed E-state index contributed by atoms with van der Waals surface area (Å²) in [5, 5.41) is 5.26. The number of hydrogen-bond donors (Lipinski definition) is 1. The van der Waals surface area contributed by atoms with Crippen molar-refractivity contribution in [2.75, 3.05) is 31.6 Å². The lowest BCUT2D eigenvalue weighted by Gasteiger charge is -2.40. The Labute approximate surface area is 237 Å². The summed E-state index contributed by atoms with van der Waals surface area (Å²) in [7, 11) is 1.67. The Kier molecular flexibility index (Phi) is 7.06. The monoisotopic (exact) mass is 561 g/mol. The number of hydrogen-bond acceptors (Lipinski definition) is 5. The molecule has 0 saturated carbocycles. The zero-order valence-electron chi connectivity index (χ0n) is 21.7. The molecule has 2 amide bonds. The Hall–Kier alpha value is -3.39. The van der Waals surface area contributed by atoms with Gasteiger partial charge < -0.3 is 10.1 Å². The number of fused-ring (bicyclic) bond motifs is 3. The standard InChI is InChI=1S/C30H29Cl2N5O2/c1-39-28-22(15-21-4-2-3-5-25(21)35-28)18-36-12-9-30(10-13-36)19-37(26-7-6-23(31)16-24(26)30)29(38)34-17-20-8-11-33-27(32)14-20/h2-8,11,14-16H,9-10,12-13,17-19H2,1H3,(H,34,38). The van der Waals surface area contributed by atoms with Crippen molar-refractivity contribution in [2.45, 2.75) is 31.3 Å². The van der Waals surface area contributed by atoms with Crippen LogP contribution in [-0.2, 0) is 18.5 Å². The van der Waals surface area contributed by atoms with E-state index < -0.39 is 0 Å². The molecule has 1 spiro atoms. The summed E-state index contributed by atoms with van der Waals surface area (Å²) in [6.07, 6.45) is 3.49. The first-order valence-electron chi connectivity index (χ1n) is 13.0. The molecule has 9 heteroatoms. The minimum Gasteiger partial charge on any atom is -0.481 e. The van der Waals surface area contributed by atoms with Gasteiger partial charge in [0.15, 0.2) is 0 Å². The molecule has 0 atom stereocenters. The van der Waals surface area contributed by atoms with Crippen molar-refractivity contribution < 1.29 is 9.53 Å². The van der Waals surface area contributed by atoms with Crippen molar-refractivity contribution in [3.8, 4) is 5.88 Å². The summed E-state index contributed by atoms with van der Waals surface area (Å²) in [6.45, 7) is 3.56. The number of nitrogens with zero attached hydrogens (tertiary/aromatic N) is 4. The molecule has 4 heterocycles. The number of carbonyl (C=O) groups excluding carboxylic acids is 1. The van der Waals surface area contributed by atoms with Crippen molar-refractivity contribution in [3.63, 3.8) is 0 Å². The maximum Gasteiger partial charge on any atom is 0.322 e. The fourth-order valence-corrected chi connectivity index (χ4v) is 6.26. The van der Waals surface area contributed by atoms with Gasteiger partial charge in [-0.25, -0.2) is 14.8 Å². The van der Waals surface area contributed by atoms with Crippen LogP contribution in [0.5, 0.6) is 5.88 Å². The van der Waals surface area contributed by atoms with E-state index in [0.29, 0.717) is 29.1 Å². The second-order valence-corrected chi connectivity index (χ2v) is 11.1. The second-order valence-electron chi connectivity index (χ2n) is 10.3. The Morgan fingerprint density at radius 3 is 2.69 bits per heavy atom. The van der Waals surface area contributed by atoms with E-state index in [1.54, 1.807) is 19.4 Å².